The third-order valence-electron chi connectivity index (χ3n) is 0.467. The zero-order chi connectivity index (χ0) is 8.78. The monoisotopic (exact) mass is 169 g/mol. The Morgan fingerprint density at radius 2 is 1.60 bits per heavy atom. The molecule has 64 valence electrons. The van der Waals surface area contributed by atoms with E-state index in [0.717, 1.165) is 0 Å². The molecule has 5 heteroatoms. The summed E-state index contributed by atoms with van der Waals surface area (Å²) in [6.45, 7) is 4.00. The minimum Gasteiger partial charge on any atom is -0.324 e. The van der Waals surface area contributed by atoms with Crippen molar-refractivity contribution in [2.45, 2.75) is 13.8 Å². The molecule has 10 heavy (non-hydrogen) atoms. The first kappa shape index (κ1) is 12.8. The molecule has 4 nitrogen and oxygen atoms in total. The fraction of sp³-hybridized carbons (Fsp3) is 1.00. The molecule has 0 spiro atoms. The summed E-state index contributed by atoms with van der Waals surface area (Å²) in [5.41, 5.74) is 0. The fourth-order valence-corrected chi connectivity index (χ4v) is 1.11. The zero-order valence-corrected chi connectivity index (χ0v) is 7.80. The molecule has 0 saturated carbocycles. The summed E-state index contributed by atoms with van der Waals surface area (Å²) < 4.78 is 10.1. The largest absolute Gasteiger partial charge is 0.339 e. The molecule has 0 amide bonds. The Morgan fingerprint density at radius 1 is 1.30 bits per heavy atom. The highest BCUT2D eigenvalue weighted by Crippen LogP contribution is 2.33. The van der Waals surface area contributed by atoms with Crippen LogP contribution in [0.25, 0.3) is 0 Å². The fourth-order valence-electron chi connectivity index (χ4n) is 0.368. The maximum Gasteiger partial charge on any atom is 0.339 e. The molecule has 0 fully saturated rings. The van der Waals surface area contributed by atoms with Gasteiger partial charge in [0, 0.05) is 0 Å². The molecule has 0 atom stereocenters. The van der Waals surface area contributed by atoms with Gasteiger partial charge in [0.15, 0.2) is 0 Å². The maximum atomic E-state index is 10.1. The van der Waals surface area contributed by atoms with Crippen molar-refractivity contribution in [1.82, 2.24) is 4.90 Å². The van der Waals surface area contributed by atoms with E-state index in [0.29, 0.717) is 0 Å². The second-order valence-electron chi connectivity index (χ2n) is 1.89. The molecule has 0 aliphatic heterocycles. The van der Waals surface area contributed by atoms with Crippen LogP contribution in [0.3, 0.4) is 0 Å². The first-order valence-electron chi connectivity index (χ1n) is 3.11. The van der Waals surface area contributed by atoms with Crippen LogP contribution in [0.2, 0.25) is 0 Å². The Hall–Kier alpha value is 0.110. The highest BCUT2D eigenvalue weighted by Gasteiger charge is 2.12. The van der Waals surface area contributed by atoms with E-state index in [1.54, 1.807) is 14.1 Å². The molecule has 0 heterocycles. The van der Waals surface area contributed by atoms with E-state index < -0.39 is 7.60 Å². The highest BCUT2D eigenvalue weighted by atomic mass is 31.2. The molecule has 2 N–H and O–H groups in total. The third-order valence-corrected chi connectivity index (χ3v) is 1.40. The topological polar surface area (TPSA) is 60.8 Å². The van der Waals surface area contributed by atoms with E-state index in [1.807, 2.05) is 13.8 Å². The minimum atomic E-state index is -3.80. The van der Waals surface area contributed by atoms with Crippen LogP contribution in [-0.2, 0) is 4.57 Å². The predicted molar refractivity (Wildman–Crippen MR) is 41.9 cm³/mol. The van der Waals surface area contributed by atoms with Gasteiger partial charge in [0.1, 0.15) is 6.29 Å². The van der Waals surface area contributed by atoms with E-state index in [1.165, 1.54) is 4.90 Å². The summed E-state index contributed by atoms with van der Waals surface area (Å²) >= 11 is 0. The molecule has 0 aromatic heterocycles. The molecule has 0 aromatic carbocycles. The van der Waals surface area contributed by atoms with Gasteiger partial charge < -0.3 is 9.79 Å². The summed E-state index contributed by atoms with van der Waals surface area (Å²) in [7, 11) is -0.575. The zero-order valence-electron chi connectivity index (χ0n) is 6.90. The van der Waals surface area contributed by atoms with E-state index in [2.05, 4.69) is 0 Å². The molecule has 0 bridgehead atoms. The van der Waals surface area contributed by atoms with Gasteiger partial charge in [-0.2, -0.15) is 0 Å². The SMILES string of the molecule is CC.CN(C)CP(=O)(O)O. The van der Waals surface area contributed by atoms with Crippen molar-refractivity contribution in [2.24, 2.45) is 0 Å². The van der Waals surface area contributed by atoms with Crippen molar-refractivity contribution in [2.75, 3.05) is 20.4 Å². The molecule has 0 aromatic rings. The average molecular weight is 169 g/mol. The molecule has 0 rings (SSSR count). The maximum absolute atomic E-state index is 10.1. The minimum absolute atomic E-state index is 0.174. The van der Waals surface area contributed by atoms with Crippen molar-refractivity contribution in [1.29, 1.82) is 0 Å². The van der Waals surface area contributed by atoms with Gasteiger partial charge in [0.25, 0.3) is 0 Å². The van der Waals surface area contributed by atoms with E-state index in [-0.39, 0.29) is 6.29 Å². The summed E-state index contributed by atoms with van der Waals surface area (Å²) in [6, 6.07) is 0. The molecular formula is C5H16NO3P. The van der Waals surface area contributed by atoms with Gasteiger partial charge in [-0.1, -0.05) is 13.8 Å². The first-order chi connectivity index (χ1) is 4.42. The summed E-state index contributed by atoms with van der Waals surface area (Å²) in [5.74, 6) is 0. The van der Waals surface area contributed by atoms with Gasteiger partial charge in [0.05, 0.1) is 0 Å². The normalized spacial score (nSPS) is 10.7. The van der Waals surface area contributed by atoms with E-state index in [4.69, 9.17) is 9.79 Å². The lowest BCUT2D eigenvalue weighted by molar-refractivity contribution is 0.338. The number of hydrogen-bond donors (Lipinski definition) is 2. The van der Waals surface area contributed by atoms with Gasteiger partial charge in [-0.15, -0.1) is 0 Å². The van der Waals surface area contributed by atoms with Crippen LogP contribution in [0.15, 0.2) is 0 Å². The van der Waals surface area contributed by atoms with Gasteiger partial charge in [-0.25, -0.2) is 0 Å². The summed E-state index contributed by atoms with van der Waals surface area (Å²) in [6.07, 6.45) is -0.174. The standard InChI is InChI=1S/C3H10NO3P.C2H6/c1-4(2)3-8(5,6)7;1-2/h3H2,1-2H3,(H2,5,6,7);1-2H3. The molecule has 0 radical (unpaired) electrons. The van der Waals surface area contributed by atoms with Crippen molar-refractivity contribution in [3.8, 4) is 0 Å². The van der Waals surface area contributed by atoms with Crippen molar-refractivity contribution in [3.05, 3.63) is 0 Å². The number of nitrogens with zero attached hydrogens (tertiary/aromatic N) is 1. The lowest BCUT2D eigenvalue weighted by atomic mass is 11.0. The predicted octanol–water partition coefficient (Wildman–Crippen LogP) is 0.709. The summed E-state index contributed by atoms with van der Waals surface area (Å²) in [4.78, 5) is 18.0. The van der Waals surface area contributed by atoms with Crippen molar-refractivity contribution < 1.29 is 14.4 Å². The summed E-state index contributed by atoms with van der Waals surface area (Å²) in [5, 5.41) is 0. The van der Waals surface area contributed by atoms with Crippen LogP contribution < -0.4 is 0 Å². The second-order valence-corrected chi connectivity index (χ2v) is 3.50. The van der Waals surface area contributed by atoms with Crippen LogP contribution in [0.1, 0.15) is 13.8 Å². The van der Waals surface area contributed by atoms with E-state index >= 15 is 0 Å². The van der Waals surface area contributed by atoms with Crippen LogP contribution in [0.5, 0.6) is 0 Å². The Kier molecular flexibility index (Phi) is 7.48. The Balaban J connectivity index is 0. The lowest BCUT2D eigenvalue weighted by Crippen LogP contribution is -2.12. The Labute approximate surface area is 62.0 Å². The molecule has 0 aliphatic carbocycles. The smallest absolute Gasteiger partial charge is 0.324 e. The highest BCUT2D eigenvalue weighted by molar-refractivity contribution is 7.51. The average Bonchev–Trinajstić information content (AvgIpc) is 1.64. The van der Waals surface area contributed by atoms with Gasteiger partial charge >= 0.3 is 7.60 Å². The van der Waals surface area contributed by atoms with Crippen LogP contribution in [0.4, 0.5) is 0 Å². The Bertz CT molecular complexity index is 109. The first-order valence-corrected chi connectivity index (χ1v) is 4.91. The molecule has 0 unspecified atom stereocenters. The van der Waals surface area contributed by atoms with Crippen molar-refractivity contribution in [3.63, 3.8) is 0 Å². The quantitative estimate of drug-likeness (QED) is 0.597. The van der Waals surface area contributed by atoms with Gasteiger partial charge in [0.2, 0.25) is 0 Å². The molecule has 0 aliphatic rings. The Morgan fingerprint density at radius 3 is 1.60 bits per heavy atom. The van der Waals surface area contributed by atoms with Crippen LogP contribution in [-0.4, -0.2) is 35.1 Å². The number of hydrogen-bond acceptors (Lipinski definition) is 2. The van der Waals surface area contributed by atoms with Gasteiger partial charge in [-0.3, -0.25) is 9.46 Å². The molecule has 0 saturated heterocycles. The van der Waals surface area contributed by atoms with E-state index in [9.17, 15) is 4.57 Å². The second kappa shape index (κ2) is 5.86. The molecular weight excluding hydrogens is 153 g/mol. The van der Waals surface area contributed by atoms with Crippen LogP contribution in [0, 0.1) is 0 Å². The van der Waals surface area contributed by atoms with Gasteiger partial charge in [-0.05, 0) is 14.1 Å². The number of rotatable bonds is 2. The van der Waals surface area contributed by atoms with Crippen LogP contribution >= 0.6 is 7.60 Å². The third kappa shape index (κ3) is 15.7. The van der Waals surface area contributed by atoms with Crippen molar-refractivity contribution >= 4 is 7.60 Å². The lowest BCUT2D eigenvalue weighted by Gasteiger charge is -2.09.